The lowest BCUT2D eigenvalue weighted by atomic mass is 10.4. The van der Waals surface area contributed by atoms with Gasteiger partial charge in [-0.25, -0.2) is 0 Å². The van der Waals surface area contributed by atoms with Crippen molar-refractivity contribution < 1.29 is 4.79 Å². The van der Waals surface area contributed by atoms with Gasteiger partial charge in [-0.15, -0.1) is 11.8 Å². The van der Waals surface area contributed by atoms with Crippen LogP contribution >= 0.6 is 11.8 Å². The number of carbonyl (C=O) groups excluding carboxylic acids is 1. The molecule has 2 rings (SSSR count). The van der Waals surface area contributed by atoms with Gasteiger partial charge in [-0.1, -0.05) is 25.1 Å². The second-order valence-electron chi connectivity index (χ2n) is 4.25. The van der Waals surface area contributed by atoms with Crippen LogP contribution < -0.4 is 5.32 Å². The van der Waals surface area contributed by atoms with E-state index in [0.717, 1.165) is 0 Å². The molecule has 0 radical (unpaired) electrons. The standard InChI is InChI=1S/C14H17N3OS/c1-12(19-13-6-3-2-4-7-13)10-15-14(18)11-17-9-5-8-16-17/h2-9,12H,10-11H2,1H3,(H,15,18)/t12-/m1/s1. The number of hydrogen-bond donors (Lipinski definition) is 1. The monoisotopic (exact) mass is 275 g/mol. The van der Waals surface area contributed by atoms with Crippen molar-refractivity contribution in [2.75, 3.05) is 6.54 Å². The van der Waals surface area contributed by atoms with Gasteiger partial charge in [0, 0.05) is 29.1 Å². The largest absolute Gasteiger partial charge is 0.353 e. The van der Waals surface area contributed by atoms with Gasteiger partial charge in [-0.05, 0) is 18.2 Å². The molecule has 1 aromatic carbocycles. The average molecular weight is 275 g/mol. The summed E-state index contributed by atoms with van der Waals surface area (Å²) < 4.78 is 1.62. The molecule has 19 heavy (non-hydrogen) atoms. The fraction of sp³-hybridized carbons (Fsp3) is 0.286. The molecule has 0 spiro atoms. The Morgan fingerprint density at radius 1 is 1.37 bits per heavy atom. The van der Waals surface area contributed by atoms with Gasteiger partial charge in [0.15, 0.2) is 0 Å². The van der Waals surface area contributed by atoms with Crippen molar-refractivity contribution in [2.24, 2.45) is 0 Å². The molecule has 5 heteroatoms. The highest BCUT2D eigenvalue weighted by Gasteiger charge is 2.07. The molecule has 0 aliphatic rings. The van der Waals surface area contributed by atoms with E-state index in [4.69, 9.17) is 0 Å². The minimum Gasteiger partial charge on any atom is -0.353 e. The predicted octanol–water partition coefficient (Wildman–Crippen LogP) is 2.18. The van der Waals surface area contributed by atoms with Crippen LogP contribution in [0.15, 0.2) is 53.7 Å². The number of aromatic nitrogens is 2. The molecule has 100 valence electrons. The Labute approximate surface area is 117 Å². The SMILES string of the molecule is C[C@H](CNC(=O)Cn1cccn1)Sc1ccccc1. The number of thioether (sulfide) groups is 1. The summed E-state index contributed by atoms with van der Waals surface area (Å²) in [4.78, 5) is 12.9. The molecule has 0 fully saturated rings. The van der Waals surface area contributed by atoms with E-state index in [1.54, 1.807) is 34.9 Å². The summed E-state index contributed by atoms with van der Waals surface area (Å²) in [6.45, 7) is 3.03. The summed E-state index contributed by atoms with van der Waals surface area (Å²) >= 11 is 1.76. The summed E-state index contributed by atoms with van der Waals surface area (Å²) in [5.41, 5.74) is 0. The Hall–Kier alpha value is -1.75. The van der Waals surface area contributed by atoms with E-state index < -0.39 is 0 Å². The molecule has 4 nitrogen and oxygen atoms in total. The van der Waals surface area contributed by atoms with Crippen molar-refractivity contribution in [1.29, 1.82) is 0 Å². The molecular weight excluding hydrogens is 258 g/mol. The first-order chi connectivity index (χ1) is 9.24. The van der Waals surface area contributed by atoms with Gasteiger partial charge >= 0.3 is 0 Å². The third-order valence-electron chi connectivity index (χ3n) is 2.53. The van der Waals surface area contributed by atoms with Gasteiger partial charge in [0.1, 0.15) is 6.54 Å². The Kier molecular flexibility index (Phi) is 5.03. The summed E-state index contributed by atoms with van der Waals surface area (Å²) in [6.07, 6.45) is 3.45. The van der Waals surface area contributed by atoms with E-state index in [0.29, 0.717) is 11.8 Å². The van der Waals surface area contributed by atoms with Gasteiger partial charge in [0.2, 0.25) is 5.91 Å². The highest BCUT2D eigenvalue weighted by molar-refractivity contribution is 8.00. The lowest BCUT2D eigenvalue weighted by Crippen LogP contribution is -2.32. The molecule has 0 unspecified atom stereocenters. The van der Waals surface area contributed by atoms with Crippen LogP contribution in [0.2, 0.25) is 0 Å². The van der Waals surface area contributed by atoms with E-state index in [1.807, 2.05) is 18.2 Å². The topological polar surface area (TPSA) is 46.9 Å². The number of nitrogens with zero attached hydrogens (tertiary/aromatic N) is 2. The molecule has 0 saturated carbocycles. The minimum atomic E-state index is -0.00999. The maximum absolute atomic E-state index is 11.7. The molecular formula is C14H17N3OS. The zero-order chi connectivity index (χ0) is 13.5. The summed E-state index contributed by atoms with van der Waals surface area (Å²) in [5, 5.41) is 7.26. The molecule has 0 aliphatic carbocycles. The molecule has 0 aliphatic heterocycles. The number of hydrogen-bond acceptors (Lipinski definition) is 3. The molecule has 1 N–H and O–H groups in total. The van der Waals surface area contributed by atoms with Crippen LogP contribution in [-0.4, -0.2) is 27.5 Å². The zero-order valence-electron chi connectivity index (χ0n) is 10.8. The first-order valence-corrected chi connectivity index (χ1v) is 7.08. The van der Waals surface area contributed by atoms with Crippen molar-refractivity contribution >= 4 is 17.7 Å². The number of nitrogens with one attached hydrogen (secondary N) is 1. The van der Waals surface area contributed by atoms with Crippen LogP contribution in [0.4, 0.5) is 0 Å². The number of amides is 1. The Bertz CT molecular complexity index is 499. The number of benzene rings is 1. The first-order valence-electron chi connectivity index (χ1n) is 6.20. The molecule has 0 bridgehead atoms. The second kappa shape index (κ2) is 6.99. The van der Waals surface area contributed by atoms with Crippen LogP contribution in [0.5, 0.6) is 0 Å². The average Bonchev–Trinajstić information content (AvgIpc) is 2.90. The summed E-state index contributed by atoms with van der Waals surface area (Å²) in [7, 11) is 0. The fourth-order valence-electron chi connectivity index (χ4n) is 1.63. The van der Waals surface area contributed by atoms with Gasteiger partial charge in [-0.3, -0.25) is 9.48 Å². The lowest BCUT2D eigenvalue weighted by molar-refractivity contribution is -0.121. The van der Waals surface area contributed by atoms with Gasteiger partial charge in [0.25, 0.3) is 0 Å². The third kappa shape index (κ3) is 4.79. The van der Waals surface area contributed by atoms with E-state index in [-0.39, 0.29) is 12.5 Å². The van der Waals surface area contributed by atoms with Crippen molar-refractivity contribution in [3.8, 4) is 0 Å². The third-order valence-corrected chi connectivity index (χ3v) is 3.65. The van der Waals surface area contributed by atoms with Crippen molar-refractivity contribution in [2.45, 2.75) is 23.6 Å². The molecule has 2 aromatic rings. The smallest absolute Gasteiger partial charge is 0.241 e. The quantitative estimate of drug-likeness (QED) is 0.822. The van der Waals surface area contributed by atoms with Crippen LogP contribution in [0.25, 0.3) is 0 Å². The van der Waals surface area contributed by atoms with Crippen molar-refractivity contribution in [1.82, 2.24) is 15.1 Å². The normalized spacial score (nSPS) is 12.1. The van der Waals surface area contributed by atoms with Crippen molar-refractivity contribution in [3.05, 3.63) is 48.8 Å². The van der Waals surface area contributed by atoms with Gasteiger partial charge in [0.05, 0.1) is 0 Å². The molecule has 1 heterocycles. The summed E-state index contributed by atoms with van der Waals surface area (Å²) in [5.74, 6) is -0.00999. The highest BCUT2D eigenvalue weighted by Crippen LogP contribution is 2.21. The maximum atomic E-state index is 11.7. The van der Waals surface area contributed by atoms with E-state index in [9.17, 15) is 4.79 Å². The highest BCUT2D eigenvalue weighted by atomic mass is 32.2. The van der Waals surface area contributed by atoms with Gasteiger partial charge in [-0.2, -0.15) is 5.10 Å². The van der Waals surface area contributed by atoms with E-state index in [1.165, 1.54) is 4.90 Å². The van der Waals surface area contributed by atoms with E-state index >= 15 is 0 Å². The Morgan fingerprint density at radius 3 is 2.84 bits per heavy atom. The predicted molar refractivity (Wildman–Crippen MR) is 77.0 cm³/mol. The lowest BCUT2D eigenvalue weighted by Gasteiger charge is -2.12. The second-order valence-corrected chi connectivity index (χ2v) is 5.76. The Balaban J connectivity index is 1.71. The zero-order valence-corrected chi connectivity index (χ0v) is 11.6. The van der Waals surface area contributed by atoms with Crippen molar-refractivity contribution in [3.63, 3.8) is 0 Å². The molecule has 1 amide bonds. The van der Waals surface area contributed by atoms with Crippen LogP contribution in [0.1, 0.15) is 6.92 Å². The first kappa shape index (κ1) is 13.7. The van der Waals surface area contributed by atoms with Gasteiger partial charge < -0.3 is 5.32 Å². The minimum absolute atomic E-state index is 0.00999. The number of rotatable bonds is 6. The molecule has 0 saturated heterocycles. The molecule has 1 atom stereocenters. The summed E-state index contributed by atoms with van der Waals surface area (Å²) in [6, 6.07) is 12.0. The Morgan fingerprint density at radius 2 is 2.16 bits per heavy atom. The van der Waals surface area contributed by atoms with Crippen LogP contribution in [-0.2, 0) is 11.3 Å². The molecule has 1 aromatic heterocycles. The van der Waals surface area contributed by atoms with Crippen LogP contribution in [0.3, 0.4) is 0 Å². The van der Waals surface area contributed by atoms with E-state index in [2.05, 4.69) is 29.5 Å². The fourth-order valence-corrected chi connectivity index (χ4v) is 2.57. The maximum Gasteiger partial charge on any atom is 0.241 e. The number of carbonyl (C=O) groups is 1. The van der Waals surface area contributed by atoms with Crippen LogP contribution in [0, 0.1) is 0 Å².